The summed E-state index contributed by atoms with van der Waals surface area (Å²) in [5, 5.41) is 8.23. The molecule has 0 aromatic heterocycles. The van der Waals surface area contributed by atoms with Crippen molar-refractivity contribution in [1.82, 2.24) is 20.9 Å². The first-order chi connectivity index (χ1) is 21.3. The van der Waals surface area contributed by atoms with Crippen molar-refractivity contribution in [3.8, 4) is 5.75 Å². The minimum atomic E-state index is -1.07. The molecule has 0 bridgehead atoms. The number of methoxy groups -OCH3 is 1. The SMILES string of the molecule is COc1ccc(C[C@H](NC(=O)[C@H](C)NC(=O)[C@H]2CCN2C(=O)OC(C)(C)C)C(=O)N[C@@H](Cc2ccccc2)C(=O)[C@H]2CO2)cc1. The summed E-state index contributed by atoms with van der Waals surface area (Å²) in [6.07, 6.45) is -0.363. The summed E-state index contributed by atoms with van der Waals surface area (Å²) in [4.78, 5) is 66.9. The molecule has 0 radical (unpaired) electrons. The summed E-state index contributed by atoms with van der Waals surface area (Å²) >= 11 is 0. The normalized spacial score (nSPS) is 19.2. The highest BCUT2D eigenvalue weighted by Crippen LogP contribution is 2.22. The van der Waals surface area contributed by atoms with E-state index in [9.17, 15) is 24.0 Å². The number of likely N-dealkylation sites (tertiary alicyclic amines) is 1. The van der Waals surface area contributed by atoms with Crippen LogP contribution in [-0.4, -0.2) is 90.6 Å². The fourth-order valence-electron chi connectivity index (χ4n) is 4.86. The van der Waals surface area contributed by atoms with Gasteiger partial charge in [0.25, 0.3) is 0 Å². The van der Waals surface area contributed by atoms with Crippen LogP contribution in [-0.2, 0) is 41.5 Å². The Morgan fingerprint density at radius 1 is 0.889 bits per heavy atom. The zero-order valence-corrected chi connectivity index (χ0v) is 26.3. The molecule has 12 nitrogen and oxygen atoms in total. The summed E-state index contributed by atoms with van der Waals surface area (Å²) < 4.78 is 15.8. The summed E-state index contributed by atoms with van der Waals surface area (Å²) in [6, 6.07) is 12.6. The Morgan fingerprint density at radius 3 is 2.04 bits per heavy atom. The first-order valence-electron chi connectivity index (χ1n) is 15.1. The van der Waals surface area contributed by atoms with Gasteiger partial charge in [-0.05, 0) is 63.8 Å². The largest absolute Gasteiger partial charge is 0.497 e. The number of hydrogen-bond donors (Lipinski definition) is 3. The number of carbonyl (C=O) groups is 5. The molecule has 0 saturated carbocycles. The number of amides is 4. The van der Waals surface area contributed by atoms with Crippen LogP contribution in [0.25, 0.3) is 0 Å². The van der Waals surface area contributed by atoms with Gasteiger partial charge in [-0.15, -0.1) is 0 Å². The highest BCUT2D eigenvalue weighted by Gasteiger charge is 2.41. The molecule has 4 rings (SSSR count). The van der Waals surface area contributed by atoms with Gasteiger partial charge in [-0.1, -0.05) is 42.5 Å². The summed E-state index contributed by atoms with van der Waals surface area (Å²) in [5.74, 6) is -1.25. The molecule has 0 spiro atoms. The molecule has 2 heterocycles. The first kappa shape index (κ1) is 33.4. The fraction of sp³-hybridized carbons (Fsp3) is 0.485. The highest BCUT2D eigenvalue weighted by molar-refractivity contribution is 5.97. The van der Waals surface area contributed by atoms with E-state index in [0.29, 0.717) is 25.3 Å². The Labute approximate surface area is 263 Å². The molecule has 4 amide bonds. The summed E-state index contributed by atoms with van der Waals surface area (Å²) in [7, 11) is 1.55. The molecule has 2 saturated heterocycles. The maximum absolute atomic E-state index is 13.7. The highest BCUT2D eigenvalue weighted by atomic mass is 16.6. The number of rotatable bonds is 13. The minimum Gasteiger partial charge on any atom is -0.497 e. The molecule has 45 heavy (non-hydrogen) atoms. The Morgan fingerprint density at radius 2 is 1.49 bits per heavy atom. The van der Waals surface area contributed by atoms with Crippen LogP contribution in [0.2, 0.25) is 0 Å². The number of carbonyl (C=O) groups excluding carboxylic acids is 5. The standard InChI is InChI=1S/C33H42N4O8/c1-20(34-31(41)26-15-16-37(26)32(42)45-33(2,3)4)29(39)36-25(18-22-11-13-23(43-5)14-12-22)30(40)35-24(28(38)27-19-44-27)17-21-9-7-6-8-10-21/h6-14,20,24-27H,15-19H2,1-5H3,(H,34,41)(H,35,40)(H,36,39)/t20-,24-,25-,26+,27+/m0/s1. The third-order valence-electron chi connectivity index (χ3n) is 7.53. The van der Waals surface area contributed by atoms with Crippen molar-refractivity contribution in [2.24, 2.45) is 0 Å². The monoisotopic (exact) mass is 622 g/mol. The molecular weight excluding hydrogens is 580 g/mol. The van der Waals surface area contributed by atoms with Gasteiger partial charge in [0, 0.05) is 13.0 Å². The molecule has 0 aliphatic carbocycles. The summed E-state index contributed by atoms with van der Waals surface area (Å²) in [5.41, 5.74) is 0.892. The van der Waals surface area contributed by atoms with E-state index in [1.165, 1.54) is 11.8 Å². The molecular formula is C33H42N4O8. The number of Topliss-reactive ketones (excluding diaryl/α,β-unsaturated/α-hetero) is 1. The number of benzene rings is 2. The average Bonchev–Trinajstić information content (AvgIpc) is 3.81. The van der Waals surface area contributed by atoms with E-state index in [0.717, 1.165) is 11.1 Å². The van der Waals surface area contributed by atoms with Crippen LogP contribution < -0.4 is 20.7 Å². The van der Waals surface area contributed by atoms with E-state index in [2.05, 4.69) is 16.0 Å². The maximum atomic E-state index is 13.7. The van der Waals surface area contributed by atoms with Crippen LogP contribution in [0.3, 0.4) is 0 Å². The van der Waals surface area contributed by atoms with E-state index in [1.54, 1.807) is 52.1 Å². The van der Waals surface area contributed by atoms with Gasteiger partial charge in [0.15, 0.2) is 5.78 Å². The maximum Gasteiger partial charge on any atom is 0.410 e. The van der Waals surface area contributed by atoms with Crippen LogP contribution in [0.1, 0.15) is 45.2 Å². The number of nitrogens with zero attached hydrogens (tertiary/aromatic N) is 1. The lowest BCUT2D eigenvalue weighted by atomic mass is 9.99. The zero-order chi connectivity index (χ0) is 32.7. The lowest BCUT2D eigenvalue weighted by molar-refractivity contribution is -0.136. The van der Waals surface area contributed by atoms with Crippen LogP contribution in [0.5, 0.6) is 5.75 Å². The van der Waals surface area contributed by atoms with Crippen molar-refractivity contribution in [3.63, 3.8) is 0 Å². The predicted octanol–water partition coefficient (Wildman–Crippen LogP) is 1.93. The van der Waals surface area contributed by atoms with Crippen molar-refractivity contribution in [3.05, 3.63) is 65.7 Å². The third-order valence-corrected chi connectivity index (χ3v) is 7.53. The molecule has 0 unspecified atom stereocenters. The van der Waals surface area contributed by atoms with E-state index < -0.39 is 59.7 Å². The Kier molecular flexibility index (Phi) is 10.8. The Bertz CT molecular complexity index is 1370. The van der Waals surface area contributed by atoms with Crippen molar-refractivity contribution in [2.75, 3.05) is 20.3 Å². The van der Waals surface area contributed by atoms with Gasteiger partial charge in [0.2, 0.25) is 17.7 Å². The van der Waals surface area contributed by atoms with Gasteiger partial charge in [-0.3, -0.25) is 24.1 Å². The number of ether oxygens (including phenoxy) is 3. The van der Waals surface area contributed by atoms with Crippen molar-refractivity contribution in [2.45, 2.75) is 82.8 Å². The number of epoxide rings is 1. The van der Waals surface area contributed by atoms with Gasteiger partial charge in [-0.2, -0.15) is 0 Å². The van der Waals surface area contributed by atoms with E-state index in [-0.39, 0.29) is 18.6 Å². The van der Waals surface area contributed by atoms with Crippen LogP contribution in [0.4, 0.5) is 4.79 Å². The second-order valence-electron chi connectivity index (χ2n) is 12.3. The molecule has 12 heteroatoms. The van der Waals surface area contributed by atoms with Crippen LogP contribution in [0, 0.1) is 0 Å². The van der Waals surface area contributed by atoms with Gasteiger partial charge in [0.05, 0.1) is 19.8 Å². The van der Waals surface area contributed by atoms with Gasteiger partial charge in [-0.25, -0.2) is 4.79 Å². The predicted molar refractivity (Wildman–Crippen MR) is 164 cm³/mol. The zero-order valence-electron chi connectivity index (χ0n) is 26.3. The number of ketones is 1. The van der Waals surface area contributed by atoms with Crippen molar-refractivity contribution < 1.29 is 38.2 Å². The molecule has 2 aromatic rings. The minimum absolute atomic E-state index is 0.115. The second kappa shape index (κ2) is 14.6. The van der Waals surface area contributed by atoms with Gasteiger partial charge < -0.3 is 30.2 Å². The topological polar surface area (TPSA) is 156 Å². The molecule has 2 aliphatic rings. The smallest absolute Gasteiger partial charge is 0.410 e. The van der Waals surface area contributed by atoms with Crippen molar-refractivity contribution >= 4 is 29.6 Å². The Balaban J connectivity index is 1.44. The van der Waals surface area contributed by atoms with E-state index in [1.807, 2.05) is 30.3 Å². The average molecular weight is 623 g/mol. The Hall–Kier alpha value is -4.45. The second-order valence-corrected chi connectivity index (χ2v) is 12.3. The number of hydrogen-bond acceptors (Lipinski definition) is 8. The molecule has 2 aliphatic heterocycles. The quantitative estimate of drug-likeness (QED) is 0.286. The molecule has 5 atom stereocenters. The molecule has 242 valence electrons. The van der Waals surface area contributed by atoms with Crippen LogP contribution in [0.15, 0.2) is 54.6 Å². The fourth-order valence-corrected chi connectivity index (χ4v) is 4.86. The van der Waals surface area contributed by atoms with Crippen molar-refractivity contribution in [1.29, 1.82) is 0 Å². The third kappa shape index (κ3) is 9.52. The summed E-state index contributed by atoms with van der Waals surface area (Å²) in [6.45, 7) is 7.39. The van der Waals surface area contributed by atoms with Crippen LogP contribution >= 0.6 is 0 Å². The van der Waals surface area contributed by atoms with E-state index >= 15 is 0 Å². The number of nitrogens with one attached hydrogen (secondary N) is 3. The van der Waals surface area contributed by atoms with Gasteiger partial charge in [0.1, 0.15) is 35.6 Å². The molecule has 2 fully saturated rings. The molecule has 3 N–H and O–H groups in total. The van der Waals surface area contributed by atoms with Gasteiger partial charge >= 0.3 is 6.09 Å². The lowest BCUT2D eigenvalue weighted by Gasteiger charge is -2.40. The molecule has 2 aromatic carbocycles. The van der Waals surface area contributed by atoms with E-state index in [4.69, 9.17) is 14.2 Å². The lowest BCUT2D eigenvalue weighted by Crippen LogP contribution is -2.62. The first-order valence-corrected chi connectivity index (χ1v) is 15.1.